The molecule has 0 fully saturated rings. The third kappa shape index (κ3) is 5.02. The van der Waals surface area contributed by atoms with Crippen LogP contribution in [0.15, 0.2) is 18.2 Å². The molecule has 5 heteroatoms. The second kappa shape index (κ2) is 7.43. The van der Waals surface area contributed by atoms with E-state index in [-0.39, 0.29) is 5.91 Å². The molecule has 0 unspecified atom stereocenters. The lowest BCUT2D eigenvalue weighted by Crippen LogP contribution is -2.49. The highest BCUT2D eigenvalue weighted by atomic mass is 16.5. The van der Waals surface area contributed by atoms with Gasteiger partial charge in [-0.2, -0.15) is 0 Å². The van der Waals surface area contributed by atoms with Gasteiger partial charge in [-0.05, 0) is 52.2 Å². The minimum Gasteiger partial charge on any atom is -0.495 e. The number of amides is 1. The summed E-state index contributed by atoms with van der Waals surface area (Å²) in [6.07, 6.45) is 0. The number of anilines is 1. The molecule has 118 valence electrons. The molecular formula is C16H27N3O2. The van der Waals surface area contributed by atoms with Gasteiger partial charge in [0.05, 0.1) is 18.3 Å². The van der Waals surface area contributed by atoms with E-state index in [1.807, 2.05) is 53.1 Å². The molecule has 1 rings (SSSR count). The number of hydrogen-bond donors (Lipinski definition) is 2. The standard InChI is InChI=1S/C16H27N3O2/c1-7-17-16(2,3)15(20)18-13-10-12(11-19(4)5)8-9-14(13)21-6/h8-10,17H,7,11H2,1-6H3,(H,18,20). The van der Waals surface area contributed by atoms with E-state index in [9.17, 15) is 4.79 Å². The van der Waals surface area contributed by atoms with Crippen molar-refractivity contribution in [3.05, 3.63) is 23.8 Å². The van der Waals surface area contributed by atoms with Gasteiger partial charge in [0.2, 0.25) is 5.91 Å². The number of hydrogen-bond acceptors (Lipinski definition) is 4. The number of carbonyl (C=O) groups is 1. The number of ether oxygens (including phenoxy) is 1. The van der Waals surface area contributed by atoms with Crippen LogP contribution in [0.25, 0.3) is 0 Å². The zero-order valence-electron chi connectivity index (χ0n) is 13.9. The van der Waals surface area contributed by atoms with Crippen molar-refractivity contribution in [2.45, 2.75) is 32.9 Å². The summed E-state index contributed by atoms with van der Waals surface area (Å²) in [7, 11) is 5.62. The number of nitrogens with one attached hydrogen (secondary N) is 2. The van der Waals surface area contributed by atoms with Crippen molar-refractivity contribution in [1.82, 2.24) is 10.2 Å². The van der Waals surface area contributed by atoms with E-state index in [1.54, 1.807) is 7.11 Å². The predicted molar refractivity (Wildman–Crippen MR) is 86.8 cm³/mol. The number of carbonyl (C=O) groups excluding carboxylic acids is 1. The summed E-state index contributed by atoms with van der Waals surface area (Å²) in [6.45, 7) is 7.25. The van der Waals surface area contributed by atoms with E-state index in [0.717, 1.165) is 18.7 Å². The lowest BCUT2D eigenvalue weighted by atomic mass is 10.0. The highest BCUT2D eigenvalue weighted by molar-refractivity contribution is 5.98. The first-order valence-corrected chi connectivity index (χ1v) is 7.18. The van der Waals surface area contributed by atoms with Crippen LogP contribution in [0.2, 0.25) is 0 Å². The monoisotopic (exact) mass is 293 g/mol. The summed E-state index contributed by atoms with van der Waals surface area (Å²) in [5.74, 6) is 0.586. The van der Waals surface area contributed by atoms with Gasteiger partial charge < -0.3 is 20.3 Å². The van der Waals surface area contributed by atoms with Crippen LogP contribution < -0.4 is 15.4 Å². The molecule has 21 heavy (non-hydrogen) atoms. The Morgan fingerprint density at radius 3 is 2.52 bits per heavy atom. The minimum atomic E-state index is -0.628. The van der Waals surface area contributed by atoms with Gasteiger partial charge in [0, 0.05) is 6.54 Å². The Bertz CT molecular complexity index is 484. The van der Waals surface area contributed by atoms with Crippen LogP contribution in [0, 0.1) is 0 Å². The molecular weight excluding hydrogens is 266 g/mol. The third-order valence-electron chi connectivity index (χ3n) is 3.20. The van der Waals surface area contributed by atoms with E-state index in [1.165, 1.54) is 0 Å². The Labute approximate surface area is 127 Å². The molecule has 5 nitrogen and oxygen atoms in total. The van der Waals surface area contributed by atoms with Gasteiger partial charge in [0.1, 0.15) is 5.75 Å². The number of nitrogens with zero attached hydrogens (tertiary/aromatic N) is 1. The second-order valence-electron chi connectivity index (χ2n) is 5.88. The molecule has 1 aromatic rings. The maximum absolute atomic E-state index is 12.4. The lowest BCUT2D eigenvalue weighted by molar-refractivity contribution is -0.121. The van der Waals surface area contributed by atoms with Crippen LogP contribution in [-0.2, 0) is 11.3 Å². The SMILES string of the molecule is CCNC(C)(C)C(=O)Nc1cc(CN(C)C)ccc1OC. The molecule has 0 atom stereocenters. The fourth-order valence-electron chi connectivity index (χ4n) is 2.12. The molecule has 1 aromatic carbocycles. The van der Waals surface area contributed by atoms with Gasteiger partial charge in [-0.15, -0.1) is 0 Å². The molecule has 0 aromatic heterocycles. The molecule has 0 spiro atoms. The average molecular weight is 293 g/mol. The van der Waals surface area contributed by atoms with Crippen LogP contribution in [0.1, 0.15) is 26.3 Å². The zero-order chi connectivity index (χ0) is 16.0. The van der Waals surface area contributed by atoms with Crippen LogP contribution in [0.3, 0.4) is 0 Å². The van der Waals surface area contributed by atoms with Crippen LogP contribution in [0.4, 0.5) is 5.69 Å². The Kier molecular flexibility index (Phi) is 6.18. The Morgan fingerprint density at radius 1 is 1.33 bits per heavy atom. The largest absolute Gasteiger partial charge is 0.495 e. The first-order chi connectivity index (χ1) is 9.80. The number of benzene rings is 1. The van der Waals surface area contributed by atoms with Gasteiger partial charge in [0.15, 0.2) is 0 Å². The maximum atomic E-state index is 12.4. The smallest absolute Gasteiger partial charge is 0.244 e. The first kappa shape index (κ1) is 17.5. The fourth-order valence-corrected chi connectivity index (χ4v) is 2.12. The van der Waals surface area contributed by atoms with E-state index >= 15 is 0 Å². The van der Waals surface area contributed by atoms with Crippen molar-refractivity contribution in [1.29, 1.82) is 0 Å². The fraction of sp³-hybridized carbons (Fsp3) is 0.562. The van der Waals surface area contributed by atoms with Crippen molar-refractivity contribution in [3.63, 3.8) is 0 Å². The van der Waals surface area contributed by atoms with Crippen LogP contribution in [-0.4, -0.2) is 44.1 Å². The maximum Gasteiger partial charge on any atom is 0.244 e. The van der Waals surface area contributed by atoms with E-state index in [4.69, 9.17) is 4.74 Å². The summed E-state index contributed by atoms with van der Waals surface area (Å²) < 4.78 is 5.33. The van der Waals surface area contributed by atoms with Crippen molar-refractivity contribution < 1.29 is 9.53 Å². The number of rotatable bonds is 7. The highest BCUT2D eigenvalue weighted by Gasteiger charge is 2.26. The van der Waals surface area contributed by atoms with Gasteiger partial charge in [-0.3, -0.25) is 4.79 Å². The van der Waals surface area contributed by atoms with Crippen molar-refractivity contribution in [3.8, 4) is 5.75 Å². The second-order valence-corrected chi connectivity index (χ2v) is 5.88. The molecule has 0 aliphatic rings. The number of likely N-dealkylation sites (N-methyl/N-ethyl adjacent to an activating group) is 1. The molecule has 0 saturated carbocycles. The van der Waals surface area contributed by atoms with E-state index in [0.29, 0.717) is 11.4 Å². The molecule has 0 aliphatic heterocycles. The molecule has 2 N–H and O–H groups in total. The summed E-state index contributed by atoms with van der Waals surface area (Å²) in [6, 6.07) is 5.84. The molecule has 0 heterocycles. The van der Waals surface area contributed by atoms with Crippen molar-refractivity contribution >= 4 is 11.6 Å². The Morgan fingerprint density at radius 2 is 2.00 bits per heavy atom. The molecule has 0 radical (unpaired) electrons. The van der Waals surface area contributed by atoms with E-state index in [2.05, 4.69) is 15.5 Å². The molecule has 1 amide bonds. The van der Waals surface area contributed by atoms with Crippen molar-refractivity contribution in [2.75, 3.05) is 33.1 Å². The molecule has 0 bridgehead atoms. The zero-order valence-corrected chi connectivity index (χ0v) is 13.9. The number of methoxy groups -OCH3 is 1. The predicted octanol–water partition coefficient (Wildman–Crippen LogP) is 2.08. The summed E-state index contributed by atoms with van der Waals surface area (Å²) in [4.78, 5) is 14.5. The Hall–Kier alpha value is -1.59. The average Bonchev–Trinajstić information content (AvgIpc) is 2.38. The normalized spacial score (nSPS) is 11.6. The third-order valence-corrected chi connectivity index (χ3v) is 3.20. The highest BCUT2D eigenvalue weighted by Crippen LogP contribution is 2.26. The van der Waals surface area contributed by atoms with Crippen LogP contribution in [0.5, 0.6) is 5.75 Å². The Balaban J connectivity index is 2.97. The summed E-state index contributed by atoms with van der Waals surface area (Å²) >= 11 is 0. The van der Waals surface area contributed by atoms with Gasteiger partial charge in [0.25, 0.3) is 0 Å². The van der Waals surface area contributed by atoms with Gasteiger partial charge in [-0.25, -0.2) is 0 Å². The topological polar surface area (TPSA) is 53.6 Å². The molecule has 0 aliphatic carbocycles. The first-order valence-electron chi connectivity index (χ1n) is 7.18. The van der Waals surface area contributed by atoms with E-state index < -0.39 is 5.54 Å². The molecule has 0 saturated heterocycles. The van der Waals surface area contributed by atoms with Crippen molar-refractivity contribution in [2.24, 2.45) is 0 Å². The lowest BCUT2D eigenvalue weighted by Gasteiger charge is -2.25. The van der Waals surface area contributed by atoms with Crippen LogP contribution >= 0.6 is 0 Å². The van der Waals surface area contributed by atoms with Gasteiger partial charge in [-0.1, -0.05) is 13.0 Å². The quantitative estimate of drug-likeness (QED) is 0.808. The summed E-state index contributed by atoms with van der Waals surface area (Å²) in [5, 5.41) is 6.12. The van der Waals surface area contributed by atoms with Gasteiger partial charge >= 0.3 is 0 Å². The summed E-state index contributed by atoms with van der Waals surface area (Å²) in [5.41, 5.74) is 1.20. The minimum absolute atomic E-state index is 0.0790.